The Kier molecular flexibility index (Phi) is 5.03. The van der Waals surface area contributed by atoms with Gasteiger partial charge in [-0.15, -0.1) is 0 Å². The number of rotatable bonds is 7. The maximum atomic E-state index is 12.7. The number of benzene rings is 2. The minimum Gasteiger partial charge on any atom is -0.452 e. The molecule has 1 aliphatic rings. The van der Waals surface area contributed by atoms with Crippen molar-refractivity contribution < 1.29 is 9.21 Å². The second-order valence-electron chi connectivity index (χ2n) is 7.43. The first-order valence-electron chi connectivity index (χ1n) is 10.2. The Morgan fingerprint density at radius 2 is 1.64 bits per heavy atom. The molecule has 0 spiro atoms. The highest BCUT2D eigenvalue weighted by atomic mass is 16.3. The molecule has 3 aromatic rings. The molecule has 1 aromatic heterocycles. The highest BCUT2D eigenvalue weighted by molar-refractivity contribution is 6.54. The van der Waals surface area contributed by atoms with Gasteiger partial charge in [0, 0.05) is 41.4 Å². The third kappa shape index (κ3) is 3.03. The number of nitrogens with zero attached hydrogens (tertiary/aromatic N) is 1. The first kappa shape index (κ1) is 18.5. The largest absolute Gasteiger partial charge is 0.452 e. The zero-order valence-corrected chi connectivity index (χ0v) is 16.5. The SMILES string of the molecule is CCCCN(CCCC)c1ccc2c3c(oc2c1)C(=O)C(=N)c1ccccc1-3. The van der Waals surface area contributed by atoms with E-state index in [0.29, 0.717) is 11.3 Å². The fourth-order valence-corrected chi connectivity index (χ4v) is 3.93. The Balaban J connectivity index is 1.81. The van der Waals surface area contributed by atoms with Crippen molar-refractivity contribution >= 4 is 28.2 Å². The van der Waals surface area contributed by atoms with E-state index in [1.807, 2.05) is 24.3 Å². The van der Waals surface area contributed by atoms with Crippen molar-refractivity contribution in [2.75, 3.05) is 18.0 Å². The summed E-state index contributed by atoms with van der Waals surface area (Å²) < 4.78 is 6.01. The van der Waals surface area contributed by atoms with E-state index in [9.17, 15) is 4.79 Å². The maximum Gasteiger partial charge on any atom is 0.247 e. The van der Waals surface area contributed by atoms with E-state index in [1.54, 1.807) is 0 Å². The van der Waals surface area contributed by atoms with Crippen LogP contribution in [0.3, 0.4) is 0 Å². The Hall–Kier alpha value is -2.88. The van der Waals surface area contributed by atoms with Crippen LogP contribution < -0.4 is 4.90 Å². The van der Waals surface area contributed by atoms with Gasteiger partial charge in [0.15, 0.2) is 5.76 Å². The molecule has 0 atom stereocenters. The molecule has 28 heavy (non-hydrogen) atoms. The van der Waals surface area contributed by atoms with E-state index in [0.717, 1.165) is 66.6 Å². The summed E-state index contributed by atoms with van der Waals surface area (Å²) in [5.41, 5.74) is 4.28. The van der Waals surface area contributed by atoms with Crippen molar-refractivity contribution in [3.63, 3.8) is 0 Å². The minimum absolute atomic E-state index is 0.00916. The van der Waals surface area contributed by atoms with Crippen LogP contribution in [0.2, 0.25) is 0 Å². The van der Waals surface area contributed by atoms with Crippen LogP contribution in [-0.2, 0) is 0 Å². The number of carbonyl (C=O) groups is 1. The van der Waals surface area contributed by atoms with Crippen LogP contribution in [0.25, 0.3) is 22.1 Å². The van der Waals surface area contributed by atoms with Gasteiger partial charge >= 0.3 is 0 Å². The smallest absolute Gasteiger partial charge is 0.247 e. The molecular weight excluding hydrogens is 348 g/mol. The van der Waals surface area contributed by atoms with Crippen LogP contribution in [-0.4, -0.2) is 24.6 Å². The molecular formula is C24H26N2O2. The van der Waals surface area contributed by atoms with E-state index in [4.69, 9.17) is 9.83 Å². The van der Waals surface area contributed by atoms with Crippen molar-refractivity contribution in [3.8, 4) is 11.1 Å². The summed E-state index contributed by atoms with van der Waals surface area (Å²) in [4.78, 5) is 15.1. The minimum atomic E-state index is -0.333. The lowest BCUT2D eigenvalue weighted by Crippen LogP contribution is -2.25. The number of hydrogen-bond acceptors (Lipinski definition) is 4. The average molecular weight is 374 g/mol. The molecule has 144 valence electrons. The van der Waals surface area contributed by atoms with Gasteiger partial charge in [-0.2, -0.15) is 0 Å². The molecule has 0 fully saturated rings. The Bertz CT molecular complexity index is 1040. The normalized spacial score (nSPS) is 12.9. The molecule has 0 radical (unpaired) electrons. The van der Waals surface area contributed by atoms with Crippen molar-refractivity contribution in [1.29, 1.82) is 5.41 Å². The summed E-state index contributed by atoms with van der Waals surface area (Å²) in [6.45, 7) is 6.46. The lowest BCUT2D eigenvalue weighted by Gasteiger charge is -2.24. The quantitative estimate of drug-likeness (QED) is 0.546. The summed E-state index contributed by atoms with van der Waals surface area (Å²) in [5, 5.41) is 9.17. The molecule has 4 heteroatoms. The summed E-state index contributed by atoms with van der Waals surface area (Å²) >= 11 is 0. The van der Waals surface area contributed by atoms with E-state index >= 15 is 0 Å². The number of carbonyl (C=O) groups excluding carboxylic acids is 1. The van der Waals surface area contributed by atoms with Crippen molar-refractivity contribution in [1.82, 2.24) is 0 Å². The van der Waals surface area contributed by atoms with Crippen molar-refractivity contribution in [2.45, 2.75) is 39.5 Å². The summed E-state index contributed by atoms with van der Waals surface area (Å²) in [5.74, 6) is -0.0372. The van der Waals surface area contributed by atoms with Gasteiger partial charge in [-0.25, -0.2) is 0 Å². The standard InChI is InChI=1S/C24H26N2O2/c1-3-5-13-26(14-6-4-2)16-11-12-19-20(15-16)28-24-21(19)17-9-7-8-10-18(17)22(25)23(24)27/h7-12,15,25H,3-6,13-14H2,1-2H3. The number of unbranched alkanes of at least 4 members (excludes halogenated alkanes) is 2. The van der Waals surface area contributed by atoms with Crippen LogP contribution >= 0.6 is 0 Å². The molecule has 0 saturated carbocycles. The summed E-state index contributed by atoms with van der Waals surface area (Å²) in [7, 11) is 0. The number of hydrogen-bond donors (Lipinski definition) is 1. The van der Waals surface area contributed by atoms with Gasteiger partial charge in [-0.05, 0) is 30.5 Å². The second-order valence-corrected chi connectivity index (χ2v) is 7.43. The van der Waals surface area contributed by atoms with Gasteiger partial charge in [-0.1, -0.05) is 51.0 Å². The maximum absolute atomic E-state index is 12.7. The molecule has 0 bridgehead atoms. The first-order valence-corrected chi connectivity index (χ1v) is 10.2. The molecule has 0 unspecified atom stereocenters. The van der Waals surface area contributed by atoms with Gasteiger partial charge in [-0.3, -0.25) is 10.2 Å². The predicted molar refractivity (Wildman–Crippen MR) is 115 cm³/mol. The number of ketones is 1. The van der Waals surface area contributed by atoms with Gasteiger partial charge in [0.2, 0.25) is 5.78 Å². The van der Waals surface area contributed by atoms with Crippen LogP contribution in [0.15, 0.2) is 46.9 Å². The monoisotopic (exact) mass is 374 g/mol. The fraction of sp³-hybridized carbons (Fsp3) is 0.333. The molecule has 4 rings (SSSR count). The third-order valence-corrected chi connectivity index (χ3v) is 5.50. The third-order valence-electron chi connectivity index (χ3n) is 5.50. The number of Topliss-reactive ketones (excluding diaryl/α,β-unsaturated/α-hetero) is 1. The summed E-state index contributed by atoms with van der Waals surface area (Å²) in [6, 6.07) is 13.9. The Labute approximate surface area is 165 Å². The average Bonchev–Trinajstić information content (AvgIpc) is 3.11. The van der Waals surface area contributed by atoms with Crippen LogP contribution in [0, 0.1) is 5.41 Å². The Morgan fingerprint density at radius 3 is 2.32 bits per heavy atom. The van der Waals surface area contributed by atoms with Gasteiger partial charge < -0.3 is 9.32 Å². The van der Waals surface area contributed by atoms with E-state index in [1.165, 1.54) is 0 Å². The number of furan rings is 1. The lowest BCUT2D eigenvalue weighted by molar-refractivity contribution is 0.104. The zero-order chi connectivity index (χ0) is 19.7. The predicted octanol–water partition coefficient (Wildman–Crippen LogP) is 6.07. The Morgan fingerprint density at radius 1 is 0.964 bits per heavy atom. The molecule has 1 heterocycles. The highest BCUT2D eigenvalue weighted by Crippen LogP contribution is 2.41. The number of fused-ring (bicyclic) bond motifs is 5. The molecule has 1 aliphatic carbocycles. The molecule has 0 amide bonds. The van der Waals surface area contributed by atoms with Gasteiger partial charge in [0.25, 0.3) is 0 Å². The molecule has 4 nitrogen and oxygen atoms in total. The van der Waals surface area contributed by atoms with E-state index < -0.39 is 0 Å². The zero-order valence-electron chi connectivity index (χ0n) is 16.5. The van der Waals surface area contributed by atoms with Crippen molar-refractivity contribution in [3.05, 3.63) is 53.8 Å². The molecule has 0 aliphatic heterocycles. The molecule has 0 saturated heterocycles. The highest BCUT2D eigenvalue weighted by Gasteiger charge is 2.32. The van der Waals surface area contributed by atoms with Gasteiger partial charge in [0.1, 0.15) is 11.3 Å². The van der Waals surface area contributed by atoms with E-state index in [-0.39, 0.29) is 11.5 Å². The topological polar surface area (TPSA) is 57.3 Å². The first-order chi connectivity index (χ1) is 13.7. The fourth-order valence-electron chi connectivity index (χ4n) is 3.93. The molecule has 1 N–H and O–H groups in total. The van der Waals surface area contributed by atoms with Crippen LogP contribution in [0.4, 0.5) is 5.69 Å². The van der Waals surface area contributed by atoms with Crippen LogP contribution in [0.1, 0.15) is 55.6 Å². The number of anilines is 1. The van der Waals surface area contributed by atoms with Crippen LogP contribution in [0.5, 0.6) is 0 Å². The van der Waals surface area contributed by atoms with E-state index in [2.05, 4.69) is 36.9 Å². The van der Waals surface area contributed by atoms with Crippen molar-refractivity contribution in [2.24, 2.45) is 0 Å². The lowest BCUT2D eigenvalue weighted by atomic mass is 9.86. The van der Waals surface area contributed by atoms with Gasteiger partial charge in [0.05, 0.1) is 0 Å². The molecule has 2 aromatic carbocycles. The second kappa shape index (κ2) is 7.63. The summed E-state index contributed by atoms with van der Waals surface area (Å²) in [6.07, 6.45) is 4.62. The number of nitrogens with one attached hydrogen (secondary N) is 1.